The highest BCUT2D eigenvalue weighted by Gasteiger charge is 2.68. The summed E-state index contributed by atoms with van der Waals surface area (Å²) in [7, 11) is 0. The van der Waals surface area contributed by atoms with E-state index in [-0.39, 0.29) is 65.5 Å². The molecule has 2 bridgehead atoms. The minimum Gasteiger partial charge on any atom is -0.461 e. The van der Waals surface area contributed by atoms with E-state index in [0.717, 1.165) is 50.1 Å². The molecule has 2 aromatic rings. The number of ketones is 1. The molecule has 2 aromatic heterocycles. The second-order valence-corrected chi connectivity index (χ2v) is 17.8. The van der Waals surface area contributed by atoms with Crippen molar-refractivity contribution in [2.45, 2.75) is 123 Å². The predicted molar refractivity (Wildman–Crippen MR) is 202 cm³/mol. The van der Waals surface area contributed by atoms with Gasteiger partial charge in [0.25, 0.3) is 0 Å². The lowest BCUT2D eigenvalue weighted by Crippen LogP contribution is -2.63. The maximum absolute atomic E-state index is 14.0. The average molecular weight is 733 g/mol. The lowest BCUT2D eigenvalue weighted by Gasteiger charge is -2.61. The summed E-state index contributed by atoms with van der Waals surface area (Å²) < 4.78 is 8.46. The molecule has 2 aliphatic heterocycles. The number of carbonyl (C=O) groups is 3. The van der Waals surface area contributed by atoms with Gasteiger partial charge in [0.05, 0.1) is 19.0 Å². The van der Waals surface area contributed by atoms with Crippen LogP contribution in [0.3, 0.4) is 0 Å². The van der Waals surface area contributed by atoms with Crippen LogP contribution in [0.4, 0.5) is 5.82 Å². The quantitative estimate of drug-likeness (QED) is 0.302. The van der Waals surface area contributed by atoms with E-state index >= 15 is 0 Å². The first-order chi connectivity index (χ1) is 25.1. The molecule has 1 amide bonds. The Bertz CT molecular complexity index is 1750. The number of piperazine rings is 1. The Kier molecular flexibility index (Phi) is 10.0. The van der Waals surface area contributed by atoms with E-state index in [0.29, 0.717) is 44.5 Å². The number of amides is 1. The van der Waals surface area contributed by atoms with Crippen molar-refractivity contribution in [3.05, 3.63) is 25.3 Å². The Morgan fingerprint density at radius 2 is 1.85 bits per heavy atom. The monoisotopic (exact) mass is 732 g/mol. The molecule has 13 nitrogen and oxygen atoms in total. The molecule has 5 aliphatic rings. The summed E-state index contributed by atoms with van der Waals surface area (Å²) in [6.07, 6.45) is 8.58. The summed E-state index contributed by atoms with van der Waals surface area (Å²) in [4.78, 5) is 61.2. The number of rotatable bonds is 8. The molecule has 11 atom stereocenters. The maximum atomic E-state index is 14.0. The number of Topliss-reactive ketones (excluding diaryl/α,β-unsaturated/α-hetero) is 1. The van der Waals surface area contributed by atoms with Gasteiger partial charge in [-0.3, -0.25) is 19.3 Å². The Labute approximate surface area is 313 Å². The van der Waals surface area contributed by atoms with Gasteiger partial charge in [-0.2, -0.15) is 0 Å². The zero-order valence-electron chi connectivity index (χ0n) is 32.5. The largest absolute Gasteiger partial charge is 0.461 e. The van der Waals surface area contributed by atoms with Gasteiger partial charge in [0.1, 0.15) is 18.2 Å². The number of anilines is 1. The van der Waals surface area contributed by atoms with E-state index in [9.17, 15) is 19.5 Å². The van der Waals surface area contributed by atoms with E-state index < -0.39 is 23.0 Å². The first-order valence-electron chi connectivity index (χ1n) is 19.9. The van der Waals surface area contributed by atoms with Crippen LogP contribution in [0, 0.1) is 34.0 Å². The number of nitrogens with zero attached hydrogens (tertiary/aromatic N) is 7. The van der Waals surface area contributed by atoms with Crippen molar-refractivity contribution < 1.29 is 24.2 Å². The van der Waals surface area contributed by atoms with E-state index in [4.69, 9.17) is 10.5 Å². The third kappa shape index (κ3) is 6.28. The second-order valence-electron chi connectivity index (χ2n) is 17.8. The molecular formula is C40H60N8O5. The van der Waals surface area contributed by atoms with E-state index in [1.807, 2.05) is 36.3 Å². The topological polar surface area (TPSA) is 160 Å². The fourth-order valence-corrected chi connectivity index (χ4v) is 11.2. The molecule has 13 heteroatoms. The summed E-state index contributed by atoms with van der Waals surface area (Å²) in [6, 6.07) is -0.0490. The molecule has 3 aliphatic carbocycles. The highest BCUT2D eigenvalue weighted by Crippen LogP contribution is 2.68. The van der Waals surface area contributed by atoms with Gasteiger partial charge in [-0.05, 0) is 63.2 Å². The van der Waals surface area contributed by atoms with Crippen molar-refractivity contribution in [3.63, 3.8) is 0 Å². The fraction of sp³-hybridized carbons (Fsp3) is 0.750. The van der Waals surface area contributed by atoms with Crippen LogP contribution in [-0.4, -0.2) is 115 Å². The fourth-order valence-electron chi connectivity index (χ4n) is 11.2. The van der Waals surface area contributed by atoms with Crippen LogP contribution in [0.25, 0.3) is 11.2 Å². The van der Waals surface area contributed by atoms with Crippen molar-refractivity contribution in [1.29, 1.82) is 0 Å². The number of aromatic nitrogens is 4. The molecule has 7 rings (SSSR count). The summed E-state index contributed by atoms with van der Waals surface area (Å²) in [5.74, 6) is 0.575. The van der Waals surface area contributed by atoms with Gasteiger partial charge in [0, 0.05) is 80.4 Å². The van der Waals surface area contributed by atoms with Crippen LogP contribution < -0.4 is 10.6 Å². The molecule has 5 fully saturated rings. The van der Waals surface area contributed by atoms with Crippen LogP contribution in [0.15, 0.2) is 25.3 Å². The number of esters is 1. The third-order valence-electron chi connectivity index (χ3n) is 14.8. The molecular weight excluding hydrogens is 672 g/mol. The van der Waals surface area contributed by atoms with Gasteiger partial charge in [-0.15, -0.1) is 6.58 Å². The average Bonchev–Trinajstić information content (AvgIpc) is 3.86. The first-order valence-corrected chi connectivity index (χ1v) is 19.9. The SMILES string of the molecule is C=C[C@]1(C)C[C@@H](OC(=O)CN2CC(C)N(C(=O)CCn3cnc4c(N5CCC(N)C5)ncnc43)CC2C)[C@]2(C)[C@H](C)CC[C@]3(CCC(=O)[C@@H]32)[C@@H](C)[C@@H]1O. The standard InChI is InChI=1S/C40H60N8O5/c1-8-38(6)17-30(39(7)24(2)9-13-40(27(5)35(38)52)14-10-29(49)34(39)40)53-32(51)21-47-18-26(4)48(19-25(47)3)31(50)12-16-46-23-44-33-36(42-22-43-37(33)46)45-15-11-28(41)20-45/h8,22-28,30,34-35,52H,1,9-21,41H2,2-7H3/t24-,25?,26?,27+,28?,30-,34-,35+,38-,39+,40+/m1/s1. The predicted octanol–water partition coefficient (Wildman–Crippen LogP) is 3.58. The Morgan fingerprint density at radius 3 is 2.57 bits per heavy atom. The van der Waals surface area contributed by atoms with Crippen LogP contribution in [0.5, 0.6) is 0 Å². The number of carbonyl (C=O) groups excluding carboxylic acids is 3. The van der Waals surface area contributed by atoms with Gasteiger partial charge in [-0.25, -0.2) is 15.0 Å². The van der Waals surface area contributed by atoms with Gasteiger partial charge in [-0.1, -0.05) is 33.8 Å². The van der Waals surface area contributed by atoms with Gasteiger partial charge < -0.3 is 29.9 Å². The zero-order chi connectivity index (χ0) is 38.0. The molecule has 290 valence electrons. The smallest absolute Gasteiger partial charge is 0.320 e. The lowest BCUT2D eigenvalue weighted by molar-refractivity contribution is -0.207. The summed E-state index contributed by atoms with van der Waals surface area (Å²) >= 11 is 0. The molecule has 4 heterocycles. The van der Waals surface area contributed by atoms with Crippen LogP contribution in [0.2, 0.25) is 0 Å². The van der Waals surface area contributed by atoms with E-state index in [1.165, 1.54) is 0 Å². The number of aliphatic hydroxyl groups excluding tert-OH is 1. The van der Waals surface area contributed by atoms with Crippen LogP contribution >= 0.6 is 0 Å². The molecule has 3 saturated carbocycles. The third-order valence-corrected chi connectivity index (χ3v) is 14.8. The van der Waals surface area contributed by atoms with Gasteiger partial charge >= 0.3 is 5.97 Å². The van der Waals surface area contributed by atoms with Crippen molar-refractivity contribution in [3.8, 4) is 0 Å². The molecule has 0 aromatic carbocycles. The number of nitrogens with two attached hydrogens (primary N) is 1. The summed E-state index contributed by atoms with van der Waals surface area (Å²) in [6.45, 7) is 19.8. The second kappa shape index (κ2) is 14.0. The van der Waals surface area contributed by atoms with Crippen LogP contribution in [-0.2, 0) is 25.7 Å². The van der Waals surface area contributed by atoms with Gasteiger partial charge in [0.2, 0.25) is 5.91 Å². The Hall–Kier alpha value is -3.42. The number of fused-ring (bicyclic) bond motifs is 1. The minimum absolute atomic E-state index is 0.0446. The number of aryl methyl sites for hydroxylation is 1. The van der Waals surface area contributed by atoms with Gasteiger partial charge in [0.15, 0.2) is 17.0 Å². The maximum Gasteiger partial charge on any atom is 0.320 e. The zero-order valence-corrected chi connectivity index (χ0v) is 32.5. The molecule has 3 unspecified atom stereocenters. The molecule has 2 saturated heterocycles. The molecule has 53 heavy (non-hydrogen) atoms. The van der Waals surface area contributed by atoms with Crippen LogP contribution in [0.1, 0.15) is 86.5 Å². The number of imidazole rings is 1. The normalized spacial score (nSPS) is 39.1. The molecule has 3 N–H and O–H groups in total. The summed E-state index contributed by atoms with van der Waals surface area (Å²) in [5.41, 5.74) is 6.00. The first kappa shape index (κ1) is 37.9. The van der Waals surface area contributed by atoms with E-state index in [1.54, 1.807) is 12.7 Å². The Morgan fingerprint density at radius 1 is 1.08 bits per heavy atom. The van der Waals surface area contributed by atoms with Crippen molar-refractivity contribution in [1.82, 2.24) is 29.3 Å². The minimum atomic E-state index is -0.702. The van der Waals surface area contributed by atoms with Crippen molar-refractivity contribution in [2.24, 2.45) is 39.7 Å². The molecule has 0 spiro atoms. The number of aliphatic hydroxyl groups is 1. The highest BCUT2D eigenvalue weighted by molar-refractivity contribution is 5.86. The lowest BCUT2D eigenvalue weighted by atomic mass is 9.44. The number of hydrogen-bond donors (Lipinski definition) is 2. The number of ether oxygens (including phenoxy) is 1. The summed E-state index contributed by atoms with van der Waals surface area (Å²) in [5, 5.41) is 11.9. The molecule has 0 radical (unpaired) electrons. The number of hydrogen-bond acceptors (Lipinski definition) is 11. The van der Waals surface area contributed by atoms with Crippen molar-refractivity contribution >= 4 is 34.6 Å². The van der Waals surface area contributed by atoms with Crippen molar-refractivity contribution in [2.75, 3.05) is 37.6 Å². The Balaban J connectivity index is 1.01. The highest BCUT2D eigenvalue weighted by atomic mass is 16.5. The van der Waals surface area contributed by atoms with E-state index in [2.05, 4.69) is 52.1 Å².